The summed E-state index contributed by atoms with van der Waals surface area (Å²) in [7, 11) is 0. The van der Waals surface area contributed by atoms with Crippen LogP contribution in [0.2, 0.25) is 0 Å². The summed E-state index contributed by atoms with van der Waals surface area (Å²) in [5.41, 5.74) is -1.07. The van der Waals surface area contributed by atoms with Crippen molar-refractivity contribution in [3.8, 4) is 0 Å². The van der Waals surface area contributed by atoms with E-state index >= 15 is 0 Å². The average Bonchev–Trinajstić information content (AvgIpc) is 1.96. The molecule has 0 bridgehead atoms. The molecule has 94 valence electrons. The van der Waals surface area contributed by atoms with Crippen LogP contribution in [0.25, 0.3) is 0 Å². The van der Waals surface area contributed by atoms with Gasteiger partial charge in [0.1, 0.15) is 0 Å². The van der Waals surface area contributed by atoms with Gasteiger partial charge in [-0.3, -0.25) is 0 Å². The SMILES string of the molecule is CC(O)/C=C/C1C(C)(C)CC(O)CC1(C)O. The molecule has 0 aromatic heterocycles. The monoisotopic (exact) mass is 228 g/mol. The molecule has 0 heterocycles. The van der Waals surface area contributed by atoms with E-state index < -0.39 is 17.8 Å². The van der Waals surface area contributed by atoms with Gasteiger partial charge in [-0.15, -0.1) is 0 Å². The van der Waals surface area contributed by atoms with Gasteiger partial charge in [-0.25, -0.2) is 0 Å². The van der Waals surface area contributed by atoms with Gasteiger partial charge in [-0.05, 0) is 25.7 Å². The van der Waals surface area contributed by atoms with Crippen LogP contribution in [-0.4, -0.2) is 33.1 Å². The van der Waals surface area contributed by atoms with Crippen molar-refractivity contribution >= 4 is 0 Å². The molecule has 1 aliphatic rings. The van der Waals surface area contributed by atoms with Gasteiger partial charge in [0, 0.05) is 12.3 Å². The summed E-state index contributed by atoms with van der Waals surface area (Å²) < 4.78 is 0. The molecule has 4 unspecified atom stereocenters. The van der Waals surface area contributed by atoms with Crippen molar-refractivity contribution in [1.29, 1.82) is 0 Å². The van der Waals surface area contributed by atoms with E-state index in [1.165, 1.54) is 0 Å². The summed E-state index contributed by atoms with van der Waals surface area (Å²) in [6.45, 7) is 7.53. The summed E-state index contributed by atoms with van der Waals surface area (Å²) in [5, 5.41) is 29.4. The lowest BCUT2D eigenvalue weighted by molar-refractivity contribution is -0.111. The van der Waals surface area contributed by atoms with Crippen LogP contribution in [0.15, 0.2) is 12.2 Å². The number of hydrogen-bond acceptors (Lipinski definition) is 3. The maximum absolute atomic E-state index is 10.4. The molecule has 1 rings (SSSR count). The smallest absolute Gasteiger partial charge is 0.0711 e. The average molecular weight is 228 g/mol. The van der Waals surface area contributed by atoms with Crippen LogP contribution >= 0.6 is 0 Å². The minimum atomic E-state index is -0.910. The molecule has 3 N–H and O–H groups in total. The molecule has 0 saturated heterocycles. The van der Waals surface area contributed by atoms with Crippen LogP contribution in [0.3, 0.4) is 0 Å². The summed E-state index contributed by atoms with van der Waals surface area (Å²) in [6, 6.07) is 0. The Balaban J connectivity index is 2.93. The Morgan fingerprint density at radius 2 is 1.81 bits per heavy atom. The Morgan fingerprint density at radius 3 is 2.25 bits per heavy atom. The molecular formula is C13H24O3. The second kappa shape index (κ2) is 4.47. The molecule has 0 spiro atoms. The van der Waals surface area contributed by atoms with Crippen LogP contribution in [-0.2, 0) is 0 Å². The third-order valence-electron chi connectivity index (χ3n) is 3.50. The Kier molecular flexibility index (Phi) is 3.83. The van der Waals surface area contributed by atoms with E-state index in [2.05, 4.69) is 0 Å². The Labute approximate surface area is 97.8 Å². The zero-order chi connectivity index (χ0) is 12.6. The predicted octanol–water partition coefficient (Wildman–Crippen LogP) is 1.47. The van der Waals surface area contributed by atoms with E-state index in [1.54, 1.807) is 19.9 Å². The van der Waals surface area contributed by atoms with Crippen molar-refractivity contribution in [2.45, 2.75) is 58.3 Å². The van der Waals surface area contributed by atoms with Crippen LogP contribution in [0.4, 0.5) is 0 Å². The van der Waals surface area contributed by atoms with Crippen molar-refractivity contribution in [1.82, 2.24) is 0 Å². The van der Waals surface area contributed by atoms with E-state index in [9.17, 15) is 15.3 Å². The molecular weight excluding hydrogens is 204 g/mol. The third kappa shape index (κ3) is 3.06. The molecule has 0 amide bonds. The molecule has 16 heavy (non-hydrogen) atoms. The first-order valence-corrected chi connectivity index (χ1v) is 5.92. The fraction of sp³-hybridized carbons (Fsp3) is 0.846. The van der Waals surface area contributed by atoms with Crippen molar-refractivity contribution in [2.75, 3.05) is 0 Å². The maximum Gasteiger partial charge on any atom is 0.0711 e. The van der Waals surface area contributed by atoms with Gasteiger partial charge >= 0.3 is 0 Å². The fourth-order valence-electron chi connectivity index (χ4n) is 2.99. The standard InChI is InChI=1S/C13H24O3/c1-9(14)5-6-11-12(2,3)7-10(15)8-13(11,4)16/h5-6,9-11,14-16H,7-8H2,1-4H3/b6-5+. The second-order valence-corrected chi connectivity index (χ2v) is 6.01. The van der Waals surface area contributed by atoms with Gasteiger partial charge in [-0.1, -0.05) is 26.0 Å². The molecule has 4 atom stereocenters. The van der Waals surface area contributed by atoms with E-state index in [-0.39, 0.29) is 11.3 Å². The summed E-state index contributed by atoms with van der Waals surface area (Å²) >= 11 is 0. The van der Waals surface area contributed by atoms with Gasteiger partial charge in [0.05, 0.1) is 17.8 Å². The number of aliphatic hydroxyl groups is 3. The highest BCUT2D eigenvalue weighted by atomic mass is 16.3. The Bertz CT molecular complexity index is 248. The van der Waals surface area contributed by atoms with Crippen molar-refractivity contribution < 1.29 is 15.3 Å². The first kappa shape index (κ1) is 13.7. The fourth-order valence-corrected chi connectivity index (χ4v) is 2.99. The number of hydrogen-bond donors (Lipinski definition) is 3. The van der Waals surface area contributed by atoms with Crippen LogP contribution in [0.1, 0.15) is 40.5 Å². The largest absolute Gasteiger partial charge is 0.393 e. The summed E-state index contributed by atoms with van der Waals surface area (Å²) in [5.74, 6) is -0.0435. The van der Waals surface area contributed by atoms with Crippen LogP contribution in [0.5, 0.6) is 0 Å². The first-order valence-electron chi connectivity index (χ1n) is 5.92. The highest BCUT2D eigenvalue weighted by Crippen LogP contribution is 2.46. The maximum atomic E-state index is 10.4. The molecule has 1 aliphatic carbocycles. The molecule has 0 aromatic rings. The van der Waals surface area contributed by atoms with Gasteiger partial charge in [0.15, 0.2) is 0 Å². The molecule has 1 saturated carbocycles. The first-order chi connectivity index (χ1) is 7.15. The van der Waals surface area contributed by atoms with E-state index in [4.69, 9.17) is 0 Å². The minimum absolute atomic E-state index is 0.0435. The van der Waals surface area contributed by atoms with Gasteiger partial charge in [-0.2, -0.15) is 0 Å². The predicted molar refractivity (Wildman–Crippen MR) is 64.0 cm³/mol. The third-order valence-corrected chi connectivity index (χ3v) is 3.50. The lowest BCUT2D eigenvalue weighted by atomic mass is 9.61. The van der Waals surface area contributed by atoms with Gasteiger partial charge in [0.2, 0.25) is 0 Å². The van der Waals surface area contributed by atoms with E-state index in [0.717, 1.165) is 0 Å². The van der Waals surface area contributed by atoms with Gasteiger partial charge < -0.3 is 15.3 Å². The van der Waals surface area contributed by atoms with Crippen molar-refractivity contribution in [3.05, 3.63) is 12.2 Å². The Hall–Kier alpha value is -0.380. The lowest BCUT2D eigenvalue weighted by Crippen LogP contribution is -2.50. The number of rotatable bonds is 2. The zero-order valence-corrected chi connectivity index (χ0v) is 10.6. The molecule has 0 radical (unpaired) electrons. The summed E-state index contributed by atoms with van der Waals surface area (Å²) in [6.07, 6.45) is 3.72. The highest BCUT2D eigenvalue weighted by Gasteiger charge is 2.47. The lowest BCUT2D eigenvalue weighted by Gasteiger charge is -2.48. The highest BCUT2D eigenvalue weighted by molar-refractivity contribution is 5.09. The van der Waals surface area contributed by atoms with Crippen molar-refractivity contribution in [2.24, 2.45) is 11.3 Å². The van der Waals surface area contributed by atoms with Crippen LogP contribution in [0, 0.1) is 11.3 Å². The van der Waals surface area contributed by atoms with Gasteiger partial charge in [0.25, 0.3) is 0 Å². The van der Waals surface area contributed by atoms with E-state index in [0.29, 0.717) is 12.8 Å². The minimum Gasteiger partial charge on any atom is -0.393 e. The molecule has 1 fully saturated rings. The molecule has 3 heteroatoms. The summed E-state index contributed by atoms with van der Waals surface area (Å²) in [4.78, 5) is 0. The Morgan fingerprint density at radius 1 is 1.25 bits per heavy atom. The molecule has 0 aliphatic heterocycles. The normalized spacial score (nSPS) is 41.2. The quantitative estimate of drug-likeness (QED) is 0.627. The topological polar surface area (TPSA) is 60.7 Å². The van der Waals surface area contributed by atoms with Crippen LogP contribution < -0.4 is 0 Å². The number of aliphatic hydroxyl groups excluding tert-OH is 2. The molecule has 3 nitrogen and oxygen atoms in total. The molecule has 0 aromatic carbocycles. The van der Waals surface area contributed by atoms with Crippen molar-refractivity contribution in [3.63, 3.8) is 0 Å². The zero-order valence-electron chi connectivity index (χ0n) is 10.6. The second-order valence-electron chi connectivity index (χ2n) is 6.01. The van der Waals surface area contributed by atoms with E-state index in [1.807, 2.05) is 19.9 Å².